The molecule has 194 valence electrons. The van der Waals surface area contributed by atoms with E-state index >= 15 is 0 Å². The molecule has 5 nitrogen and oxygen atoms in total. The zero-order valence-corrected chi connectivity index (χ0v) is 22.0. The molecular formula is C30H46N2O3. The number of aromatic nitrogens is 1. The summed E-state index contributed by atoms with van der Waals surface area (Å²) in [5, 5.41) is 3.44. The number of carbonyl (C=O) groups excluding carboxylic acids is 1. The van der Waals surface area contributed by atoms with Gasteiger partial charge in [-0.3, -0.25) is 0 Å². The van der Waals surface area contributed by atoms with Gasteiger partial charge < -0.3 is 14.8 Å². The summed E-state index contributed by atoms with van der Waals surface area (Å²) < 4.78 is 10.5. The second kappa shape index (κ2) is 18.7. The quantitative estimate of drug-likeness (QED) is 0.151. The Bertz CT molecular complexity index is 808. The van der Waals surface area contributed by atoms with E-state index in [1.165, 1.54) is 103 Å². The number of esters is 1. The van der Waals surface area contributed by atoms with Crippen LogP contribution in [-0.4, -0.2) is 24.6 Å². The number of rotatable bonds is 20. The fourth-order valence-electron chi connectivity index (χ4n) is 4.22. The van der Waals surface area contributed by atoms with Crippen LogP contribution in [0.5, 0.6) is 11.6 Å². The maximum Gasteiger partial charge on any atom is 0.343 e. The third kappa shape index (κ3) is 12.6. The molecule has 1 aromatic carbocycles. The minimum atomic E-state index is -0.426. The second-order valence-corrected chi connectivity index (χ2v) is 9.35. The van der Waals surface area contributed by atoms with Crippen LogP contribution in [0, 0.1) is 0 Å². The van der Waals surface area contributed by atoms with Gasteiger partial charge in [0.25, 0.3) is 5.88 Å². The highest BCUT2D eigenvalue weighted by Crippen LogP contribution is 2.24. The van der Waals surface area contributed by atoms with Gasteiger partial charge in [0.1, 0.15) is 0 Å². The van der Waals surface area contributed by atoms with Crippen LogP contribution in [-0.2, 0) is 0 Å². The third-order valence-electron chi connectivity index (χ3n) is 6.36. The first-order valence-corrected chi connectivity index (χ1v) is 13.8. The zero-order valence-electron chi connectivity index (χ0n) is 22.0. The predicted molar refractivity (Wildman–Crippen MR) is 146 cm³/mol. The largest absolute Gasteiger partial charge is 0.478 e. The summed E-state index contributed by atoms with van der Waals surface area (Å²) in [7, 11) is 1.50. The number of hydrogen-bond acceptors (Lipinski definition) is 5. The van der Waals surface area contributed by atoms with Gasteiger partial charge in [-0.15, -0.1) is 0 Å². The Hall–Kier alpha value is -2.56. The minimum Gasteiger partial charge on any atom is -0.478 e. The first kappa shape index (κ1) is 28.7. The van der Waals surface area contributed by atoms with Crippen LogP contribution < -0.4 is 14.8 Å². The van der Waals surface area contributed by atoms with Crippen molar-refractivity contribution in [2.24, 2.45) is 0 Å². The number of nitrogens with one attached hydrogen (secondary N) is 1. The molecule has 0 saturated heterocycles. The number of carbonyl (C=O) groups is 1. The maximum absolute atomic E-state index is 12.4. The van der Waals surface area contributed by atoms with Gasteiger partial charge in [-0.25, -0.2) is 9.78 Å². The van der Waals surface area contributed by atoms with Crippen LogP contribution in [0.2, 0.25) is 0 Å². The molecule has 0 unspecified atom stereocenters. The lowest BCUT2D eigenvalue weighted by atomic mass is 10.0. The molecule has 0 fully saturated rings. The molecule has 1 aromatic heterocycles. The summed E-state index contributed by atoms with van der Waals surface area (Å²) in [6, 6.07) is 10.8. The highest BCUT2D eigenvalue weighted by atomic mass is 16.6. The van der Waals surface area contributed by atoms with Crippen LogP contribution >= 0.6 is 0 Å². The molecule has 1 heterocycles. The lowest BCUT2D eigenvalue weighted by Gasteiger charge is -2.09. The third-order valence-corrected chi connectivity index (χ3v) is 6.36. The smallest absolute Gasteiger partial charge is 0.343 e. The maximum atomic E-state index is 12.4. The number of pyridine rings is 1. The molecule has 0 aliphatic carbocycles. The van der Waals surface area contributed by atoms with E-state index in [4.69, 9.17) is 9.47 Å². The molecule has 35 heavy (non-hydrogen) atoms. The van der Waals surface area contributed by atoms with Crippen molar-refractivity contribution in [2.75, 3.05) is 19.0 Å². The van der Waals surface area contributed by atoms with E-state index in [2.05, 4.69) is 17.2 Å². The standard InChI is InChI=1S/C30H46N2O3/c1-3-4-5-6-7-8-9-10-11-12-13-14-15-16-17-24-31-27-22-20-26(21-23-27)30(33)35-28-19-18-25-32-29(28)34-2/h18-23,25,31H,3-17,24H2,1-2H3. The SMILES string of the molecule is CCCCCCCCCCCCCCCCCNc1ccc(C(=O)Oc2cccnc2OC)cc1. The van der Waals surface area contributed by atoms with Crippen molar-refractivity contribution in [1.29, 1.82) is 0 Å². The van der Waals surface area contributed by atoms with E-state index in [9.17, 15) is 4.79 Å². The number of hydrogen-bond donors (Lipinski definition) is 1. The van der Waals surface area contributed by atoms with Crippen LogP contribution in [0.15, 0.2) is 42.6 Å². The molecule has 0 aliphatic heterocycles. The van der Waals surface area contributed by atoms with E-state index in [-0.39, 0.29) is 0 Å². The van der Waals surface area contributed by atoms with Crippen LogP contribution in [0.4, 0.5) is 5.69 Å². The Morgan fingerprint density at radius 3 is 1.86 bits per heavy atom. The summed E-state index contributed by atoms with van der Waals surface area (Å²) in [5.74, 6) is 0.184. The topological polar surface area (TPSA) is 60.5 Å². The number of benzene rings is 1. The predicted octanol–water partition coefficient (Wildman–Crippen LogP) is 8.59. The lowest BCUT2D eigenvalue weighted by molar-refractivity contribution is 0.0728. The molecular weight excluding hydrogens is 436 g/mol. The lowest BCUT2D eigenvalue weighted by Crippen LogP contribution is -2.10. The van der Waals surface area contributed by atoms with Crippen molar-refractivity contribution in [3.63, 3.8) is 0 Å². The Balaban J connectivity index is 1.46. The van der Waals surface area contributed by atoms with Crippen molar-refractivity contribution in [2.45, 2.75) is 103 Å². The fourth-order valence-corrected chi connectivity index (χ4v) is 4.22. The number of nitrogens with zero attached hydrogens (tertiary/aromatic N) is 1. The number of ether oxygens (including phenoxy) is 2. The number of methoxy groups -OCH3 is 1. The van der Waals surface area contributed by atoms with Crippen LogP contribution in [0.3, 0.4) is 0 Å². The van der Waals surface area contributed by atoms with Gasteiger partial charge in [-0.2, -0.15) is 0 Å². The molecule has 0 atom stereocenters. The first-order chi connectivity index (χ1) is 17.2. The Labute approximate surface area is 213 Å². The average molecular weight is 483 g/mol. The van der Waals surface area contributed by atoms with Crippen molar-refractivity contribution < 1.29 is 14.3 Å². The molecule has 0 saturated carbocycles. The molecule has 2 rings (SSSR count). The van der Waals surface area contributed by atoms with Crippen molar-refractivity contribution in [3.05, 3.63) is 48.2 Å². The first-order valence-electron chi connectivity index (χ1n) is 13.8. The van der Waals surface area contributed by atoms with E-state index in [1.54, 1.807) is 30.5 Å². The van der Waals surface area contributed by atoms with E-state index < -0.39 is 5.97 Å². The van der Waals surface area contributed by atoms with Gasteiger partial charge >= 0.3 is 5.97 Å². The van der Waals surface area contributed by atoms with E-state index in [0.717, 1.165) is 12.2 Å². The summed E-state index contributed by atoms with van der Waals surface area (Å²) in [5.41, 5.74) is 1.51. The number of anilines is 1. The Kier molecular flexibility index (Phi) is 15.3. The molecule has 0 radical (unpaired) electrons. The molecule has 5 heteroatoms. The second-order valence-electron chi connectivity index (χ2n) is 9.35. The Morgan fingerprint density at radius 2 is 1.31 bits per heavy atom. The van der Waals surface area contributed by atoms with Crippen LogP contribution in [0.25, 0.3) is 0 Å². The van der Waals surface area contributed by atoms with Crippen molar-refractivity contribution in [1.82, 2.24) is 4.98 Å². The summed E-state index contributed by atoms with van der Waals surface area (Å²) in [4.78, 5) is 16.4. The normalized spacial score (nSPS) is 10.8. The molecule has 0 spiro atoms. The Morgan fingerprint density at radius 1 is 0.771 bits per heavy atom. The molecule has 0 aliphatic rings. The fraction of sp³-hybridized carbons (Fsp3) is 0.600. The zero-order chi connectivity index (χ0) is 25.0. The van der Waals surface area contributed by atoms with Gasteiger partial charge in [0.05, 0.1) is 12.7 Å². The average Bonchev–Trinajstić information content (AvgIpc) is 2.89. The molecule has 2 aromatic rings. The highest BCUT2D eigenvalue weighted by molar-refractivity contribution is 5.91. The van der Waals surface area contributed by atoms with Crippen LogP contribution in [0.1, 0.15) is 114 Å². The van der Waals surface area contributed by atoms with Crippen molar-refractivity contribution >= 4 is 11.7 Å². The van der Waals surface area contributed by atoms with Gasteiger partial charge in [-0.05, 0) is 42.8 Å². The van der Waals surface area contributed by atoms with Crippen molar-refractivity contribution in [3.8, 4) is 11.6 Å². The highest BCUT2D eigenvalue weighted by Gasteiger charge is 2.12. The molecule has 0 bridgehead atoms. The summed E-state index contributed by atoms with van der Waals surface area (Å²) in [6.07, 6.45) is 22.2. The summed E-state index contributed by atoms with van der Waals surface area (Å²) >= 11 is 0. The van der Waals surface area contributed by atoms with Gasteiger partial charge in [-0.1, -0.05) is 96.8 Å². The number of unbranched alkanes of at least 4 members (excludes halogenated alkanes) is 14. The van der Waals surface area contributed by atoms with E-state index in [1.807, 2.05) is 12.1 Å². The molecule has 1 N–H and O–H groups in total. The minimum absolute atomic E-state index is 0.294. The molecule has 0 amide bonds. The monoisotopic (exact) mass is 482 g/mol. The van der Waals surface area contributed by atoms with E-state index in [0.29, 0.717) is 17.2 Å². The van der Waals surface area contributed by atoms with Gasteiger partial charge in [0, 0.05) is 18.4 Å². The summed E-state index contributed by atoms with van der Waals surface area (Å²) in [6.45, 7) is 3.23. The van der Waals surface area contributed by atoms with Gasteiger partial charge in [0.15, 0.2) is 5.75 Å². The van der Waals surface area contributed by atoms with Gasteiger partial charge in [0.2, 0.25) is 0 Å².